The zero-order valence-electron chi connectivity index (χ0n) is 6.82. The maximum Gasteiger partial charge on any atom is 0.0713 e. The van der Waals surface area contributed by atoms with Gasteiger partial charge in [0.2, 0.25) is 0 Å². The third kappa shape index (κ3) is 1.30. The van der Waals surface area contributed by atoms with E-state index in [1.165, 1.54) is 10.3 Å². The van der Waals surface area contributed by atoms with Crippen LogP contribution in [0.5, 0.6) is 0 Å². The topological polar surface area (TPSA) is 12.9 Å². The molecule has 0 aliphatic carbocycles. The molecule has 60 valence electrons. The zero-order chi connectivity index (χ0) is 8.39. The van der Waals surface area contributed by atoms with Gasteiger partial charge in [0.25, 0.3) is 0 Å². The van der Waals surface area contributed by atoms with Gasteiger partial charge < -0.3 is 0 Å². The number of pyridine rings is 1. The molecule has 2 aromatic rings. The number of hydrogen-bond acceptors (Lipinski definition) is 2. The van der Waals surface area contributed by atoms with Gasteiger partial charge in [0, 0.05) is 16.5 Å². The molecule has 0 aliphatic rings. The average molecular weight is 175 g/mol. The third-order valence-electron chi connectivity index (χ3n) is 1.81. The third-order valence-corrected chi connectivity index (χ3v) is 2.54. The SMILES string of the molecule is CSc1ccc2cccnc2c1. The summed E-state index contributed by atoms with van der Waals surface area (Å²) < 4.78 is 0. The highest BCUT2D eigenvalue weighted by molar-refractivity contribution is 7.98. The molecule has 1 aromatic carbocycles. The van der Waals surface area contributed by atoms with Gasteiger partial charge >= 0.3 is 0 Å². The van der Waals surface area contributed by atoms with Crippen LogP contribution in [0.1, 0.15) is 0 Å². The van der Waals surface area contributed by atoms with Crippen molar-refractivity contribution >= 4 is 22.7 Å². The summed E-state index contributed by atoms with van der Waals surface area (Å²) in [5.74, 6) is 0. The molecule has 0 spiro atoms. The van der Waals surface area contributed by atoms with Gasteiger partial charge in [-0.25, -0.2) is 0 Å². The van der Waals surface area contributed by atoms with E-state index >= 15 is 0 Å². The number of rotatable bonds is 1. The van der Waals surface area contributed by atoms with Crippen LogP contribution in [-0.2, 0) is 0 Å². The van der Waals surface area contributed by atoms with Crippen molar-refractivity contribution in [3.63, 3.8) is 0 Å². The van der Waals surface area contributed by atoms with E-state index in [1.807, 2.05) is 12.3 Å². The number of nitrogens with zero attached hydrogens (tertiary/aromatic N) is 1. The first-order chi connectivity index (χ1) is 5.90. The van der Waals surface area contributed by atoms with Gasteiger partial charge in [0.1, 0.15) is 0 Å². The summed E-state index contributed by atoms with van der Waals surface area (Å²) in [6.45, 7) is 0. The molecule has 0 N–H and O–H groups in total. The highest BCUT2D eigenvalue weighted by atomic mass is 32.2. The lowest BCUT2D eigenvalue weighted by Gasteiger charge is -1.98. The number of thioether (sulfide) groups is 1. The molecule has 0 saturated heterocycles. The van der Waals surface area contributed by atoms with Crippen molar-refractivity contribution < 1.29 is 0 Å². The Kier molecular flexibility index (Phi) is 2.00. The van der Waals surface area contributed by atoms with Gasteiger partial charge in [-0.3, -0.25) is 4.98 Å². The Morgan fingerprint density at radius 2 is 2.17 bits per heavy atom. The molecular weight excluding hydrogens is 166 g/mol. The van der Waals surface area contributed by atoms with E-state index < -0.39 is 0 Å². The van der Waals surface area contributed by atoms with Gasteiger partial charge in [-0.2, -0.15) is 0 Å². The molecule has 0 fully saturated rings. The fourth-order valence-electron chi connectivity index (χ4n) is 1.17. The zero-order valence-corrected chi connectivity index (χ0v) is 7.64. The van der Waals surface area contributed by atoms with Crippen molar-refractivity contribution in [3.05, 3.63) is 36.5 Å². The molecule has 0 saturated carbocycles. The Morgan fingerprint density at radius 3 is 3.00 bits per heavy atom. The van der Waals surface area contributed by atoms with E-state index in [-0.39, 0.29) is 0 Å². The maximum absolute atomic E-state index is 4.28. The van der Waals surface area contributed by atoms with E-state index in [0.29, 0.717) is 0 Å². The standard InChI is InChI=1S/C10H9NS/c1-12-9-5-4-8-3-2-6-11-10(8)7-9/h2-7H,1H3. The summed E-state index contributed by atoms with van der Waals surface area (Å²) in [5.41, 5.74) is 1.07. The molecule has 0 radical (unpaired) electrons. The van der Waals surface area contributed by atoms with Crippen molar-refractivity contribution in [3.8, 4) is 0 Å². The second-order valence-corrected chi connectivity index (χ2v) is 3.44. The predicted octanol–water partition coefficient (Wildman–Crippen LogP) is 2.96. The molecule has 1 aromatic heterocycles. The van der Waals surface area contributed by atoms with Gasteiger partial charge in [-0.05, 0) is 24.5 Å². The Hall–Kier alpha value is -1.02. The van der Waals surface area contributed by atoms with E-state index in [9.17, 15) is 0 Å². The first-order valence-corrected chi connectivity index (χ1v) is 5.01. The molecule has 0 unspecified atom stereocenters. The Bertz CT molecular complexity index is 398. The van der Waals surface area contributed by atoms with Crippen LogP contribution in [-0.4, -0.2) is 11.2 Å². The second-order valence-electron chi connectivity index (χ2n) is 2.56. The molecule has 2 heteroatoms. The Balaban J connectivity index is 2.67. The van der Waals surface area contributed by atoms with Gasteiger partial charge in [0.05, 0.1) is 5.52 Å². The number of aromatic nitrogens is 1. The Morgan fingerprint density at radius 1 is 1.25 bits per heavy atom. The molecule has 1 heterocycles. The van der Waals surface area contributed by atoms with Crippen LogP contribution in [0.2, 0.25) is 0 Å². The average Bonchev–Trinajstić information content (AvgIpc) is 2.17. The van der Waals surface area contributed by atoms with Crippen molar-refractivity contribution in [1.82, 2.24) is 4.98 Å². The van der Waals surface area contributed by atoms with Crippen LogP contribution in [0.15, 0.2) is 41.4 Å². The fourth-order valence-corrected chi connectivity index (χ4v) is 1.61. The quantitative estimate of drug-likeness (QED) is 0.618. The highest BCUT2D eigenvalue weighted by Gasteiger charge is 1.94. The lowest BCUT2D eigenvalue weighted by Crippen LogP contribution is -1.77. The van der Waals surface area contributed by atoms with E-state index in [2.05, 4.69) is 35.5 Å². The predicted molar refractivity (Wildman–Crippen MR) is 53.5 cm³/mol. The fraction of sp³-hybridized carbons (Fsp3) is 0.100. The van der Waals surface area contributed by atoms with Crippen LogP contribution < -0.4 is 0 Å². The van der Waals surface area contributed by atoms with E-state index in [1.54, 1.807) is 11.8 Å². The van der Waals surface area contributed by atoms with Crippen LogP contribution in [0.4, 0.5) is 0 Å². The molecule has 12 heavy (non-hydrogen) atoms. The van der Waals surface area contributed by atoms with Gasteiger partial charge in [0.15, 0.2) is 0 Å². The minimum Gasteiger partial charge on any atom is -0.256 e. The Labute approximate surface area is 75.8 Å². The summed E-state index contributed by atoms with van der Waals surface area (Å²) in [5, 5.41) is 1.20. The molecule has 0 atom stereocenters. The number of fused-ring (bicyclic) bond motifs is 1. The monoisotopic (exact) mass is 175 g/mol. The van der Waals surface area contributed by atoms with Crippen LogP contribution in [0, 0.1) is 0 Å². The van der Waals surface area contributed by atoms with E-state index in [0.717, 1.165) is 5.52 Å². The smallest absolute Gasteiger partial charge is 0.0713 e. The normalized spacial score (nSPS) is 10.4. The summed E-state index contributed by atoms with van der Waals surface area (Å²) in [7, 11) is 0. The van der Waals surface area contributed by atoms with Gasteiger partial charge in [-0.15, -0.1) is 11.8 Å². The summed E-state index contributed by atoms with van der Waals surface area (Å²) in [4.78, 5) is 5.54. The lowest BCUT2D eigenvalue weighted by atomic mass is 10.2. The van der Waals surface area contributed by atoms with Crippen molar-refractivity contribution in [1.29, 1.82) is 0 Å². The van der Waals surface area contributed by atoms with Crippen LogP contribution >= 0.6 is 11.8 Å². The van der Waals surface area contributed by atoms with Crippen molar-refractivity contribution in [2.75, 3.05) is 6.26 Å². The lowest BCUT2D eigenvalue weighted by molar-refractivity contribution is 1.38. The largest absolute Gasteiger partial charge is 0.256 e. The molecule has 0 aliphatic heterocycles. The van der Waals surface area contributed by atoms with Crippen LogP contribution in [0.25, 0.3) is 10.9 Å². The number of hydrogen-bond donors (Lipinski definition) is 0. The second kappa shape index (κ2) is 3.15. The van der Waals surface area contributed by atoms with E-state index in [4.69, 9.17) is 0 Å². The molecule has 1 nitrogen and oxygen atoms in total. The van der Waals surface area contributed by atoms with Gasteiger partial charge in [-0.1, -0.05) is 12.1 Å². The summed E-state index contributed by atoms with van der Waals surface area (Å²) >= 11 is 1.74. The minimum atomic E-state index is 1.07. The first-order valence-electron chi connectivity index (χ1n) is 3.79. The number of benzene rings is 1. The van der Waals surface area contributed by atoms with Crippen molar-refractivity contribution in [2.24, 2.45) is 0 Å². The van der Waals surface area contributed by atoms with Crippen LogP contribution in [0.3, 0.4) is 0 Å². The van der Waals surface area contributed by atoms with Crippen molar-refractivity contribution in [2.45, 2.75) is 4.90 Å². The molecule has 0 bridgehead atoms. The molecule has 0 amide bonds. The maximum atomic E-state index is 4.28. The minimum absolute atomic E-state index is 1.07. The first kappa shape index (κ1) is 7.62. The molecular formula is C10H9NS. The summed E-state index contributed by atoms with van der Waals surface area (Å²) in [6.07, 6.45) is 3.90. The highest BCUT2D eigenvalue weighted by Crippen LogP contribution is 2.19. The molecule has 2 rings (SSSR count). The summed E-state index contributed by atoms with van der Waals surface area (Å²) in [6, 6.07) is 10.4.